The number of nitrogens with zero attached hydrogens (tertiary/aromatic N) is 3. The fourth-order valence-electron chi connectivity index (χ4n) is 3.81. The number of aryl methyl sites for hydroxylation is 1. The Bertz CT molecular complexity index is 1090. The highest BCUT2D eigenvalue weighted by molar-refractivity contribution is 7.12. The first-order valence-electron chi connectivity index (χ1n) is 10.6. The van der Waals surface area contributed by atoms with Gasteiger partial charge in [0.05, 0.1) is 29.4 Å². The second kappa shape index (κ2) is 9.82. The molecule has 1 atom stereocenters. The van der Waals surface area contributed by atoms with Crippen molar-refractivity contribution in [2.24, 2.45) is 0 Å². The quantitative estimate of drug-likeness (QED) is 0.462. The Labute approximate surface area is 190 Å². The van der Waals surface area contributed by atoms with Gasteiger partial charge < -0.3 is 19.3 Å². The zero-order valence-electron chi connectivity index (χ0n) is 17.8. The van der Waals surface area contributed by atoms with Crippen molar-refractivity contribution in [3.8, 4) is 5.75 Å². The average Bonchev–Trinajstić information content (AvgIpc) is 3.56. The molecule has 1 unspecified atom stereocenters. The maximum atomic E-state index is 13.2. The van der Waals surface area contributed by atoms with Gasteiger partial charge in [0.1, 0.15) is 5.75 Å². The van der Waals surface area contributed by atoms with Crippen LogP contribution in [0.5, 0.6) is 5.75 Å². The maximum absolute atomic E-state index is 13.2. The predicted molar refractivity (Wildman–Crippen MR) is 122 cm³/mol. The molecule has 3 heterocycles. The number of imidazole rings is 1. The highest BCUT2D eigenvalue weighted by atomic mass is 32.1. The lowest BCUT2D eigenvalue weighted by molar-refractivity contribution is -0.129. The lowest BCUT2D eigenvalue weighted by atomic mass is 9.95. The zero-order valence-corrected chi connectivity index (χ0v) is 18.6. The second-order valence-corrected chi connectivity index (χ2v) is 8.49. The summed E-state index contributed by atoms with van der Waals surface area (Å²) in [6, 6.07) is 10.2. The van der Waals surface area contributed by atoms with Crippen LogP contribution in [0.1, 0.15) is 41.0 Å². The van der Waals surface area contributed by atoms with Crippen LogP contribution >= 0.6 is 11.3 Å². The van der Waals surface area contributed by atoms with Crippen LogP contribution in [0.25, 0.3) is 0 Å². The normalized spacial score (nSPS) is 16.1. The van der Waals surface area contributed by atoms with Gasteiger partial charge in [-0.2, -0.15) is 0 Å². The number of benzene rings is 1. The molecule has 4 rings (SSSR count). The Balaban J connectivity index is 1.63. The molecule has 0 saturated heterocycles. The van der Waals surface area contributed by atoms with Crippen LogP contribution in [-0.2, 0) is 11.3 Å². The Morgan fingerprint density at radius 2 is 2.03 bits per heavy atom. The highest BCUT2D eigenvalue weighted by Gasteiger charge is 2.43. The third kappa shape index (κ3) is 4.45. The SMILES string of the molecule is CCCOc1ccc(C2C(C(=O)c3cccs3)=C(O)C(=O)N2CCCn2ccnc2)cc1. The maximum Gasteiger partial charge on any atom is 0.290 e. The van der Waals surface area contributed by atoms with E-state index >= 15 is 0 Å². The number of aliphatic hydroxyl groups is 1. The van der Waals surface area contributed by atoms with Crippen molar-refractivity contribution in [3.63, 3.8) is 0 Å². The first kappa shape index (κ1) is 21.8. The van der Waals surface area contributed by atoms with Crippen LogP contribution in [0.4, 0.5) is 0 Å². The lowest BCUT2D eigenvalue weighted by Crippen LogP contribution is -2.32. The van der Waals surface area contributed by atoms with Crippen LogP contribution in [0.15, 0.2) is 71.8 Å². The molecule has 166 valence electrons. The molecule has 1 amide bonds. The van der Waals surface area contributed by atoms with Crippen LogP contribution in [0.2, 0.25) is 0 Å². The first-order chi connectivity index (χ1) is 15.6. The van der Waals surface area contributed by atoms with E-state index in [2.05, 4.69) is 4.98 Å². The summed E-state index contributed by atoms with van der Waals surface area (Å²) < 4.78 is 7.60. The highest BCUT2D eigenvalue weighted by Crippen LogP contribution is 2.40. The van der Waals surface area contributed by atoms with Crippen LogP contribution in [0, 0.1) is 0 Å². The molecular weight excluding hydrogens is 426 g/mol. The second-order valence-electron chi connectivity index (χ2n) is 7.54. The van der Waals surface area contributed by atoms with Crippen molar-refractivity contribution in [2.75, 3.05) is 13.2 Å². The van der Waals surface area contributed by atoms with Crippen molar-refractivity contribution < 1.29 is 19.4 Å². The van der Waals surface area contributed by atoms with E-state index in [9.17, 15) is 14.7 Å². The smallest absolute Gasteiger partial charge is 0.290 e. The molecule has 0 radical (unpaired) electrons. The third-order valence-electron chi connectivity index (χ3n) is 5.34. The number of ether oxygens (including phenoxy) is 1. The molecule has 0 saturated carbocycles. The van der Waals surface area contributed by atoms with Crippen LogP contribution < -0.4 is 4.74 Å². The molecule has 0 spiro atoms. The molecule has 2 aromatic heterocycles. The van der Waals surface area contributed by atoms with Gasteiger partial charge in [-0.15, -0.1) is 11.3 Å². The van der Waals surface area contributed by atoms with E-state index in [1.54, 1.807) is 34.9 Å². The number of amides is 1. The molecular formula is C24H25N3O4S. The summed E-state index contributed by atoms with van der Waals surface area (Å²) in [4.78, 5) is 32.3. The minimum Gasteiger partial charge on any atom is -0.503 e. The topological polar surface area (TPSA) is 84.7 Å². The number of thiophene rings is 1. The van der Waals surface area contributed by atoms with Gasteiger partial charge in [-0.1, -0.05) is 25.1 Å². The van der Waals surface area contributed by atoms with Gasteiger partial charge in [0, 0.05) is 25.5 Å². The van der Waals surface area contributed by atoms with E-state index in [0.29, 0.717) is 31.0 Å². The Hall–Kier alpha value is -3.39. The Kier molecular flexibility index (Phi) is 6.70. The molecule has 7 nitrogen and oxygen atoms in total. The predicted octanol–water partition coefficient (Wildman–Crippen LogP) is 4.40. The number of aromatic nitrogens is 2. The number of hydrogen-bond acceptors (Lipinski definition) is 6. The molecule has 1 aliphatic heterocycles. The molecule has 0 fully saturated rings. The van der Waals surface area contributed by atoms with Crippen LogP contribution in [0.3, 0.4) is 0 Å². The van der Waals surface area contributed by atoms with E-state index in [4.69, 9.17) is 4.74 Å². The number of ketones is 1. The fourth-order valence-corrected chi connectivity index (χ4v) is 4.49. The van der Waals surface area contributed by atoms with Crippen molar-refractivity contribution in [3.05, 3.63) is 82.3 Å². The molecule has 1 aromatic carbocycles. The standard InChI is InChI=1S/C24H25N3O4S/c1-2-14-31-18-8-6-17(7-9-18)21-20(22(28)19-5-3-15-32-19)23(29)24(30)27(21)12-4-11-26-13-10-25-16-26/h3,5-10,13,15-16,21,29H,2,4,11-12,14H2,1H3. The van der Waals surface area contributed by atoms with Crippen molar-refractivity contribution in [2.45, 2.75) is 32.4 Å². The zero-order chi connectivity index (χ0) is 22.5. The van der Waals surface area contributed by atoms with Crippen molar-refractivity contribution in [1.82, 2.24) is 14.5 Å². The van der Waals surface area contributed by atoms with E-state index in [0.717, 1.165) is 17.7 Å². The monoisotopic (exact) mass is 451 g/mol. The van der Waals surface area contributed by atoms with Crippen LogP contribution in [-0.4, -0.2) is 44.4 Å². The van der Waals surface area contributed by atoms with E-state index in [-0.39, 0.29) is 11.4 Å². The van der Waals surface area contributed by atoms with Crippen molar-refractivity contribution >= 4 is 23.0 Å². The summed E-state index contributed by atoms with van der Waals surface area (Å²) in [5.74, 6) is -0.584. The minimum absolute atomic E-state index is 0.127. The number of rotatable bonds is 10. The molecule has 0 aliphatic carbocycles. The molecule has 32 heavy (non-hydrogen) atoms. The minimum atomic E-state index is -0.653. The first-order valence-corrected chi connectivity index (χ1v) is 11.5. The summed E-state index contributed by atoms with van der Waals surface area (Å²) in [5, 5.41) is 12.5. The Morgan fingerprint density at radius 3 is 2.69 bits per heavy atom. The molecule has 1 aliphatic rings. The number of carbonyl (C=O) groups is 2. The van der Waals surface area contributed by atoms with E-state index < -0.39 is 17.7 Å². The van der Waals surface area contributed by atoms with Gasteiger partial charge in [0.15, 0.2) is 5.76 Å². The molecule has 3 aromatic rings. The summed E-state index contributed by atoms with van der Waals surface area (Å²) in [6.07, 6.45) is 6.85. The number of hydrogen-bond donors (Lipinski definition) is 1. The fraction of sp³-hybridized carbons (Fsp3) is 0.292. The third-order valence-corrected chi connectivity index (χ3v) is 6.21. The van der Waals surface area contributed by atoms with Gasteiger partial charge in [-0.25, -0.2) is 4.98 Å². The van der Waals surface area contributed by atoms with Gasteiger partial charge >= 0.3 is 0 Å². The van der Waals surface area contributed by atoms with E-state index in [1.165, 1.54) is 11.3 Å². The number of aliphatic hydroxyl groups excluding tert-OH is 1. The largest absolute Gasteiger partial charge is 0.503 e. The number of Topliss-reactive ketones (excluding diaryl/α,β-unsaturated/α-hetero) is 1. The Morgan fingerprint density at radius 1 is 1.22 bits per heavy atom. The summed E-state index contributed by atoms with van der Waals surface area (Å²) in [6.45, 7) is 3.72. The lowest BCUT2D eigenvalue weighted by Gasteiger charge is -2.27. The molecule has 0 bridgehead atoms. The summed E-state index contributed by atoms with van der Waals surface area (Å²) in [5.41, 5.74) is 0.885. The number of carbonyl (C=O) groups excluding carboxylic acids is 2. The molecule has 1 N–H and O–H groups in total. The van der Waals surface area contributed by atoms with Gasteiger partial charge in [0.25, 0.3) is 5.91 Å². The average molecular weight is 452 g/mol. The van der Waals surface area contributed by atoms with Gasteiger partial charge in [-0.3, -0.25) is 9.59 Å². The summed E-state index contributed by atoms with van der Waals surface area (Å²) in [7, 11) is 0. The summed E-state index contributed by atoms with van der Waals surface area (Å²) >= 11 is 1.29. The van der Waals surface area contributed by atoms with E-state index in [1.807, 2.05) is 42.0 Å². The van der Waals surface area contributed by atoms with Gasteiger partial charge in [-0.05, 0) is 42.0 Å². The molecule has 8 heteroatoms. The van der Waals surface area contributed by atoms with Gasteiger partial charge in [0.2, 0.25) is 5.78 Å². The van der Waals surface area contributed by atoms with Crippen molar-refractivity contribution in [1.29, 1.82) is 0 Å².